The molecule has 4 aliphatic heterocycles. The van der Waals surface area contributed by atoms with Crippen molar-refractivity contribution in [2.24, 2.45) is 11.8 Å². The molecule has 4 aromatic carbocycles. The normalized spacial score (nSPS) is 21.6. The third-order valence-corrected chi connectivity index (χ3v) is 15.7. The number of amides is 1. The number of alkyl carbamates (subject to hydrolysis) is 1. The lowest BCUT2D eigenvalue weighted by Crippen LogP contribution is -2.52. The number of hydrogen-bond acceptors (Lipinski definition) is 10. The highest BCUT2D eigenvalue weighted by molar-refractivity contribution is 7.89. The molecule has 0 spiro atoms. The average Bonchev–Trinajstić information content (AvgIpc) is 3.33. The van der Waals surface area contributed by atoms with Crippen LogP contribution < -0.4 is 24.3 Å². The van der Waals surface area contributed by atoms with Gasteiger partial charge in [0.25, 0.3) is 0 Å². The molecule has 4 fully saturated rings. The zero-order valence-corrected chi connectivity index (χ0v) is 38.9. The van der Waals surface area contributed by atoms with Crippen LogP contribution in [0.25, 0.3) is 0 Å². The summed E-state index contributed by atoms with van der Waals surface area (Å²) in [6.45, 7) is 2.91. The van der Waals surface area contributed by atoms with Gasteiger partial charge in [0.15, 0.2) is 11.5 Å². The smallest absolute Gasteiger partial charge is 0.408 e. The number of hydrogen-bond donors (Lipinski definition) is 3. The van der Waals surface area contributed by atoms with E-state index in [0.29, 0.717) is 39.9 Å². The van der Waals surface area contributed by atoms with Crippen molar-refractivity contribution < 1.29 is 52.0 Å². The van der Waals surface area contributed by atoms with Crippen LogP contribution in [0.2, 0.25) is 10.0 Å². The molecule has 4 aliphatic rings. The first-order valence-corrected chi connectivity index (χ1v) is 24.1. The van der Waals surface area contributed by atoms with E-state index in [1.54, 1.807) is 30.3 Å². The maximum absolute atomic E-state index is 14.8. The third kappa shape index (κ3) is 10.5. The van der Waals surface area contributed by atoms with Crippen LogP contribution in [-0.2, 0) is 32.6 Å². The van der Waals surface area contributed by atoms with Crippen molar-refractivity contribution in [3.8, 4) is 17.2 Å². The van der Waals surface area contributed by atoms with Gasteiger partial charge in [0.05, 0.1) is 31.1 Å². The van der Waals surface area contributed by atoms with E-state index >= 15 is 0 Å². The summed E-state index contributed by atoms with van der Waals surface area (Å²) in [5, 5.41) is 23.7. The number of aliphatic carboxylic acids is 1. The quantitative estimate of drug-likeness (QED) is 0.0650. The topological polar surface area (TPSA) is 168 Å². The van der Waals surface area contributed by atoms with Crippen LogP contribution in [0.4, 0.5) is 4.79 Å². The molecular weight excluding hydrogens is 908 g/mol. The molecule has 0 saturated carbocycles. The van der Waals surface area contributed by atoms with Gasteiger partial charge in [-0.15, -0.1) is 0 Å². The molecule has 5 atom stereocenters. The Kier molecular flexibility index (Phi) is 14.6. The minimum atomic E-state index is -4.22. The number of pyridine rings is 1. The zero-order valence-electron chi connectivity index (χ0n) is 36.6. The molecule has 17 heteroatoms. The fourth-order valence-corrected chi connectivity index (χ4v) is 11.9. The number of carboxylic acids is 1. The number of benzene rings is 4. The van der Waals surface area contributed by atoms with E-state index < -0.39 is 46.0 Å². The second-order valence-corrected chi connectivity index (χ2v) is 19.8. The lowest BCUT2D eigenvalue weighted by Gasteiger charge is -2.43. The Balaban J connectivity index is 1.02. The highest BCUT2D eigenvalue weighted by Crippen LogP contribution is 2.43. The monoisotopic (exact) mass is 959 g/mol. The molecule has 1 aromatic heterocycles. The number of methoxy groups -OCH3 is 2. The van der Waals surface area contributed by atoms with Crippen molar-refractivity contribution >= 4 is 45.3 Å². The van der Waals surface area contributed by atoms with Crippen LogP contribution in [0.1, 0.15) is 65.5 Å². The predicted molar refractivity (Wildman–Crippen MR) is 246 cm³/mol. The summed E-state index contributed by atoms with van der Waals surface area (Å²) in [5.74, 6) is -0.752. The minimum Gasteiger partial charge on any atom is -0.493 e. The fourth-order valence-electron chi connectivity index (χ4n) is 9.56. The van der Waals surface area contributed by atoms with Gasteiger partial charge in [0, 0.05) is 35.3 Å². The van der Waals surface area contributed by atoms with Crippen LogP contribution in [0, 0.1) is 11.8 Å². The highest BCUT2D eigenvalue weighted by atomic mass is 35.5. The molecule has 1 amide bonds. The Bertz CT molecular complexity index is 2610. The van der Waals surface area contributed by atoms with Crippen LogP contribution in [-0.4, -0.2) is 92.5 Å². The summed E-state index contributed by atoms with van der Waals surface area (Å²) in [6, 6.07) is 27.4. The molecule has 0 radical (unpaired) electrons. The second kappa shape index (κ2) is 20.5. The SMILES string of the molecule is COc1ccc([C@H](Cc2c(Cl)c[n+](O)cc2Cl)C2CC(C(=O)O)CCN2S(=O)(=O)c2ccc(COc3cccc([C@@H](NC(=O)O[C@H]4CN5CCC4CC5)c4ccccc4)c3)cc2)cc1OC. The number of halogens is 2. The summed E-state index contributed by atoms with van der Waals surface area (Å²) in [6.07, 6.45) is 4.22. The summed E-state index contributed by atoms with van der Waals surface area (Å²) in [7, 11) is -1.23. The van der Waals surface area contributed by atoms with Gasteiger partial charge in [-0.2, -0.15) is 4.31 Å². The predicted octanol–water partition coefficient (Wildman–Crippen LogP) is 7.90. The number of carboxylic acid groups (broad SMARTS) is 1. The zero-order chi connectivity index (χ0) is 46.5. The van der Waals surface area contributed by atoms with Gasteiger partial charge < -0.3 is 29.4 Å². The summed E-state index contributed by atoms with van der Waals surface area (Å²) < 4.78 is 55.0. The Morgan fingerprint density at radius 3 is 2.18 bits per heavy atom. The Labute approximate surface area is 394 Å². The van der Waals surface area contributed by atoms with Crippen molar-refractivity contribution in [1.82, 2.24) is 14.5 Å². The number of carbonyl (C=O) groups excluding carboxylic acids is 1. The molecule has 5 aromatic rings. The van der Waals surface area contributed by atoms with Crippen molar-refractivity contribution in [2.75, 3.05) is 40.4 Å². The van der Waals surface area contributed by atoms with E-state index in [1.165, 1.54) is 43.1 Å². The molecule has 4 saturated heterocycles. The molecule has 0 aliphatic carbocycles. The number of nitrogens with zero attached hydrogens (tertiary/aromatic N) is 3. The summed E-state index contributed by atoms with van der Waals surface area (Å²) >= 11 is 13.3. The number of piperidine rings is 4. The Morgan fingerprint density at radius 1 is 0.833 bits per heavy atom. The van der Waals surface area contributed by atoms with Gasteiger partial charge in [0.2, 0.25) is 22.4 Å². The summed E-state index contributed by atoms with van der Waals surface area (Å²) in [4.78, 5) is 28.2. The van der Waals surface area contributed by atoms with Gasteiger partial charge in [0.1, 0.15) is 28.5 Å². The number of aromatic nitrogens is 1. The van der Waals surface area contributed by atoms with E-state index in [0.717, 1.165) is 48.3 Å². The number of carbonyl (C=O) groups is 2. The average molecular weight is 961 g/mol. The van der Waals surface area contributed by atoms with Crippen LogP contribution in [0.15, 0.2) is 114 Å². The lowest BCUT2D eigenvalue weighted by atomic mass is 9.79. The van der Waals surface area contributed by atoms with Crippen molar-refractivity contribution in [2.45, 2.75) is 67.7 Å². The second-order valence-electron chi connectivity index (χ2n) is 17.1. The molecule has 9 rings (SSSR count). The Morgan fingerprint density at radius 2 is 1.53 bits per heavy atom. The van der Waals surface area contributed by atoms with Gasteiger partial charge in [-0.25, -0.2) is 13.2 Å². The van der Waals surface area contributed by atoms with Crippen LogP contribution in [0.5, 0.6) is 17.2 Å². The van der Waals surface area contributed by atoms with E-state index in [1.807, 2.05) is 54.6 Å². The third-order valence-electron chi connectivity index (χ3n) is 13.1. The van der Waals surface area contributed by atoms with E-state index in [9.17, 15) is 28.3 Å². The number of fused-ring (bicyclic) bond motifs is 3. The van der Waals surface area contributed by atoms with Gasteiger partial charge in [-0.05, 0) is 110 Å². The minimum absolute atomic E-state index is 0.00217. The fraction of sp³-hybridized carbons (Fsp3) is 0.367. The van der Waals surface area contributed by atoms with E-state index in [2.05, 4.69) is 10.2 Å². The molecule has 348 valence electrons. The lowest BCUT2D eigenvalue weighted by molar-refractivity contribution is -0.904. The van der Waals surface area contributed by atoms with Gasteiger partial charge in [-0.3, -0.25) is 14.9 Å². The number of sulfonamides is 1. The molecule has 66 heavy (non-hydrogen) atoms. The highest BCUT2D eigenvalue weighted by Gasteiger charge is 2.44. The summed E-state index contributed by atoms with van der Waals surface area (Å²) in [5.41, 5.74) is 3.48. The largest absolute Gasteiger partial charge is 0.493 e. The van der Waals surface area contributed by atoms with Crippen LogP contribution in [0.3, 0.4) is 0 Å². The Hall–Kier alpha value is -5.58. The van der Waals surface area contributed by atoms with Crippen molar-refractivity contribution in [3.63, 3.8) is 0 Å². The van der Waals surface area contributed by atoms with Gasteiger partial charge >= 0.3 is 12.1 Å². The number of rotatable bonds is 16. The molecule has 2 unspecified atom stereocenters. The molecule has 14 nitrogen and oxygen atoms in total. The standard InChI is InChI=1S/C49H52Cl2N4O10S/c1-62-44-16-13-34(25-45(44)63-2)39(26-40-41(50)27-54(59)28-42(40)51)43-24-36(48(56)57)19-22-55(43)66(60,61)38-14-11-31(12-15-38)30-64-37-10-6-9-35(23-37)47(33-7-4-3-5-8-33)52-49(58)65-46-29-53-20-17-32(46)18-21-53/h3-16,23,25,27-28,32,36,39,43,46-47H,17-22,24,26,29-30H2,1-2H3,(H2-,52,56,57,58,59)/p+1/t36?,39-,43?,46-,47-/m0/s1. The maximum atomic E-state index is 14.8. The molecule has 5 heterocycles. The van der Waals surface area contributed by atoms with Crippen molar-refractivity contribution in [1.29, 1.82) is 0 Å². The van der Waals surface area contributed by atoms with E-state index in [-0.39, 0.29) is 53.5 Å². The van der Waals surface area contributed by atoms with Crippen molar-refractivity contribution in [3.05, 3.63) is 147 Å². The first-order chi connectivity index (χ1) is 31.8. The molecular formula is C49H53Cl2N4O10S+. The number of ether oxygens (including phenoxy) is 4. The van der Waals surface area contributed by atoms with E-state index in [4.69, 9.17) is 42.1 Å². The first kappa shape index (κ1) is 46.9. The van der Waals surface area contributed by atoms with Gasteiger partial charge in [-0.1, -0.05) is 83.9 Å². The number of nitrogens with one attached hydrogen (secondary N) is 1. The molecule has 3 N–H and O–H groups in total. The molecule has 2 bridgehead atoms. The van der Waals surface area contributed by atoms with Crippen LogP contribution >= 0.6 is 23.2 Å². The first-order valence-electron chi connectivity index (χ1n) is 21.9. The maximum Gasteiger partial charge on any atom is 0.408 e.